The van der Waals surface area contributed by atoms with Gasteiger partial charge in [-0.05, 0) is 14.1 Å². The Morgan fingerprint density at radius 1 is 0.364 bits per heavy atom. The minimum absolute atomic E-state index is 0.119. The van der Waals surface area contributed by atoms with Gasteiger partial charge < -0.3 is 47.5 Å². The normalized spacial score (nSPS) is 11.6. The lowest BCUT2D eigenvalue weighted by Crippen LogP contribution is -2.19. The second kappa shape index (κ2) is 29.6. The monoisotopic (exact) mass is 487 g/mol. The van der Waals surface area contributed by atoms with E-state index in [1.54, 1.807) is 0 Å². The Hall–Kier alpha value is -0.470. The van der Waals surface area contributed by atoms with Crippen LogP contribution in [0, 0.1) is 0 Å². The quantitative estimate of drug-likeness (QED) is 0.140. The Balaban J connectivity index is 3.00. The van der Waals surface area contributed by atoms with Gasteiger partial charge in [0.25, 0.3) is 0 Å². The molecule has 0 aliphatic carbocycles. The number of alkyl halides is 1. The summed E-state index contributed by atoms with van der Waals surface area (Å²) in [5.74, 6) is 0. The van der Waals surface area contributed by atoms with E-state index in [2.05, 4.69) is 4.90 Å². The van der Waals surface area contributed by atoms with Crippen LogP contribution < -0.4 is 0 Å². The van der Waals surface area contributed by atoms with Crippen LogP contribution in [0.5, 0.6) is 0 Å². The van der Waals surface area contributed by atoms with Crippen LogP contribution in [-0.2, 0) is 42.6 Å². The molecule has 0 radical (unpaired) electrons. The fraction of sp³-hybridized carbons (Fsp3) is 1.00. The zero-order chi connectivity index (χ0) is 24.1. The van der Waals surface area contributed by atoms with Gasteiger partial charge in [0.05, 0.1) is 119 Å². The first-order chi connectivity index (χ1) is 16.3. The summed E-state index contributed by atoms with van der Waals surface area (Å²) in [7, 11) is 4.03. The molecule has 0 rings (SSSR count). The van der Waals surface area contributed by atoms with E-state index in [1.165, 1.54) is 0 Å². The zero-order valence-electron chi connectivity index (χ0n) is 20.6. The lowest BCUT2D eigenvalue weighted by Gasteiger charge is -2.10. The van der Waals surface area contributed by atoms with Gasteiger partial charge in [-0.15, -0.1) is 0 Å². The van der Waals surface area contributed by atoms with Crippen molar-refractivity contribution in [2.24, 2.45) is 0 Å². The van der Waals surface area contributed by atoms with Crippen LogP contribution in [0.3, 0.4) is 0 Å². The minimum Gasteiger partial charge on any atom is -0.378 e. The highest BCUT2D eigenvalue weighted by Gasteiger charge is 1.96. The molecule has 200 valence electrons. The molecule has 0 N–H and O–H groups in total. The predicted octanol–water partition coefficient (Wildman–Crippen LogP) is 0.667. The highest BCUT2D eigenvalue weighted by Crippen LogP contribution is 1.86. The maximum atomic E-state index is 11.8. The van der Waals surface area contributed by atoms with E-state index >= 15 is 0 Å². The maximum Gasteiger partial charge on any atom is 0.113 e. The maximum absolute atomic E-state index is 11.8. The van der Waals surface area contributed by atoms with Crippen molar-refractivity contribution in [1.82, 2.24) is 4.90 Å². The van der Waals surface area contributed by atoms with Crippen LogP contribution >= 0.6 is 0 Å². The number of ether oxygens (including phenoxy) is 9. The Labute approximate surface area is 198 Å². The summed E-state index contributed by atoms with van der Waals surface area (Å²) >= 11 is 0. The summed E-state index contributed by atoms with van der Waals surface area (Å²) in [5.41, 5.74) is 0. The van der Waals surface area contributed by atoms with E-state index in [9.17, 15) is 4.39 Å². The van der Waals surface area contributed by atoms with Crippen LogP contribution in [0.4, 0.5) is 4.39 Å². The van der Waals surface area contributed by atoms with Gasteiger partial charge in [0, 0.05) is 6.54 Å². The van der Waals surface area contributed by atoms with E-state index in [0.29, 0.717) is 106 Å². The molecule has 0 saturated heterocycles. The van der Waals surface area contributed by atoms with E-state index in [0.717, 1.165) is 13.2 Å². The molecule has 0 heterocycles. The van der Waals surface area contributed by atoms with Crippen LogP contribution in [-0.4, -0.2) is 151 Å². The standard InChI is InChI=1S/C22H46FNO9/c1-24(2)4-6-26-8-10-28-12-14-30-16-18-32-20-22-33-21-19-31-17-15-29-13-11-27-9-7-25-5-3-23/h3-22H2,1-2H3. The van der Waals surface area contributed by atoms with E-state index in [4.69, 9.17) is 42.6 Å². The Morgan fingerprint density at radius 2 is 0.576 bits per heavy atom. The summed E-state index contributed by atoms with van der Waals surface area (Å²) < 4.78 is 59.9. The molecule has 0 aromatic carbocycles. The first-order valence-corrected chi connectivity index (χ1v) is 11.7. The molecule has 0 aromatic heterocycles. The second-order valence-corrected chi connectivity index (χ2v) is 7.00. The van der Waals surface area contributed by atoms with Crippen molar-refractivity contribution in [2.75, 3.05) is 146 Å². The van der Waals surface area contributed by atoms with Gasteiger partial charge >= 0.3 is 0 Å². The summed E-state index contributed by atoms with van der Waals surface area (Å²) in [4.78, 5) is 2.08. The fourth-order valence-electron chi connectivity index (χ4n) is 2.16. The molecule has 0 fully saturated rings. The number of rotatable bonds is 29. The lowest BCUT2D eigenvalue weighted by molar-refractivity contribution is -0.0253. The fourth-order valence-corrected chi connectivity index (χ4v) is 2.16. The van der Waals surface area contributed by atoms with Gasteiger partial charge in [-0.2, -0.15) is 0 Å². The van der Waals surface area contributed by atoms with Crippen LogP contribution in [0.2, 0.25) is 0 Å². The smallest absolute Gasteiger partial charge is 0.113 e. The first kappa shape index (κ1) is 32.5. The van der Waals surface area contributed by atoms with Crippen LogP contribution in [0.1, 0.15) is 0 Å². The third-order valence-electron chi connectivity index (χ3n) is 3.88. The SMILES string of the molecule is CN(C)CCOCCOCCOCCOCCOCCOCCOCCOCCOCCF. The molecule has 0 atom stereocenters. The Kier molecular flexibility index (Phi) is 29.1. The van der Waals surface area contributed by atoms with Crippen molar-refractivity contribution >= 4 is 0 Å². The van der Waals surface area contributed by atoms with Gasteiger partial charge in [0.15, 0.2) is 0 Å². The molecule has 33 heavy (non-hydrogen) atoms. The average molecular weight is 488 g/mol. The number of halogens is 1. The van der Waals surface area contributed by atoms with Crippen molar-refractivity contribution in [3.05, 3.63) is 0 Å². The topological polar surface area (TPSA) is 86.3 Å². The van der Waals surface area contributed by atoms with E-state index in [1.807, 2.05) is 14.1 Å². The summed E-state index contributed by atoms with van der Waals surface area (Å²) in [5, 5.41) is 0. The van der Waals surface area contributed by atoms with Crippen molar-refractivity contribution in [3.8, 4) is 0 Å². The third kappa shape index (κ3) is 31.5. The third-order valence-corrected chi connectivity index (χ3v) is 3.88. The highest BCUT2D eigenvalue weighted by atomic mass is 19.1. The molecule has 0 saturated carbocycles. The molecule has 0 aliphatic rings. The van der Waals surface area contributed by atoms with Gasteiger partial charge in [0.1, 0.15) is 6.67 Å². The second-order valence-electron chi connectivity index (χ2n) is 7.00. The highest BCUT2D eigenvalue weighted by molar-refractivity contribution is 4.41. The van der Waals surface area contributed by atoms with Crippen molar-refractivity contribution in [3.63, 3.8) is 0 Å². The van der Waals surface area contributed by atoms with Gasteiger partial charge in [-0.3, -0.25) is 0 Å². The molecule has 0 bridgehead atoms. The predicted molar refractivity (Wildman–Crippen MR) is 122 cm³/mol. The van der Waals surface area contributed by atoms with Crippen molar-refractivity contribution in [1.29, 1.82) is 0 Å². The molecule has 0 spiro atoms. The van der Waals surface area contributed by atoms with Crippen LogP contribution in [0.25, 0.3) is 0 Å². The largest absolute Gasteiger partial charge is 0.378 e. The van der Waals surface area contributed by atoms with E-state index in [-0.39, 0.29) is 6.61 Å². The molecule has 0 unspecified atom stereocenters. The first-order valence-electron chi connectivity index (χ1n) is 11.7. The number of likely N-dealkylation sites (N-methyl/N-ethyl adjacent to an activating group) is 1. The van der Waals surface area contributed by atoms with Gasteiger partial charge in [-0.1, -0.05) is 0 Å². The lowest BCUT2D eigenvalue weighted by atomic mass is 10.6. The van der Waals surface area contributed by atoms with E-state index < -0.39 is 6.67 Å². The zero-order valence-corrected chi connectivity index (χ0v) is 20.6. The molecule has 11 heteroatoms. The average Bonchev–Trinajstić information content (AvgIpc) is 2.80. The minimum atomic E-state index is -0.469. The number of hydrogen-bond donors (Lipinski definition) is 0. The summed E-state index contributed by atoms with van der Waals surface area (Å²) in [6, 6.07) is 0. The van der Waals surface area contributed by atoms with Crippen molar-refractivity contribution in [2.45, 2.75) is 0 Å². The molecule has 0 amide bonds. The summed E-state index contributed by atoms with van der Waals surface area (Å²) in [6.07, 6.45) is 0. The Morgan fingerprint density at radius 3 is 0.788 bits per heavy atom. The van der Waals surface area contributed by atoms with Crippen LogP contribution in [0.15, 0.2) is 0 Å². The number of hydrogen-bond acceptors (Lipinski definition) is 10. The number of nitrogens with zero attached hydrogens (tertiary/aromatic N) is 1. The molecule has 0 aliphatic heterocycles. The molecular weight excluding hydrogens is 441 g/mol. The molecular formula is C22H46FNO9. The van der Waals surface area contributed by atoms with Gasteiger partial charge in [0.2, 0.25) is 0 Å². The summed E-state index contributed by atoms with van der Waals surface area (Å²) in [6.45, 7) is 9.49. The van der Waals surface area contributed by atoms with Gasteiger partial charge in [-0.25, -0.2) is 4.39 Å². The Bertz CT molecular complexity index is 358. The molecule has 10 nitrogen and oxygen atoms in total. The van der Waals surface area contributed by atoms with Crippen molar-refractivity contribution < 1.29 is 47.0 Å². The molecule has 0 aromatic rings.